The smallest absolute Gasteiger partial charge is 0.410 e. The fourth-order valence-corrected chi connectivity index (χ4v) is 4.37. The van der Waals surface area contributed by atoms with E-state index in [-0.39, 0.29) is 12.1 Å². The molecule has 0 saturated carbocycles. The Labute approximate surface area is 200 Å². The van der Waals surface area contributed by atoms with Gasteiger partial charge >= 0.3 is 6.09 Å². The number of benzene rings is 2. The molecule has 2 aliphatic rings. The van der Waals surface area contributed by atoms with Crippen molar-refractivity contribution in [1.82, 2.24) is 4.90 Å². The van der Waals surface area contributed by atoms with E-state index in [9.17, 15) is 4.79 Å². The number of nitrogens with zero attached hydrogens (tertiary/aromatic N) is 2. The van der Waals surface area contributed by atoms with Crippen LogP contribution in [-0.2, 0) is 11.2 Å². The maximum absolute atomic E-state index is 12.4. The maximum atomic E-state index is 12.4. The molecule has 0 aliphatic carbocycles. The molecule has 6 nitrogen and oxygen atoms in total. The van der Waals surface area contributed by atoms with Crippen LogP contribution in [0.4, 0.5) is 21.9 Å². The van der Waals surface area contributed by atoms with Gasteiger partial charge in [0.2, 0.25) is 0 Å². The van der Waals surface area contributed by atoms with Crippen LogP contribution in [-0.4, -0.2) is 34.9 Å². The van der Waals surface area contributed by atoms with Gasteiger partial charge in [-0.25, -0.2) is 4.79 Å². The van der Waals surface area contributed by atoms with Crippen molar-refractivity contribution in [3.05, 3.63) is 50.9 Å². The van der Waals surface area contributed by atoms with E-state index in [0.29, 0.717) is 11.4 Å². The van der Waals surface area contributed by atoms with Crippen molar-refractivity contribution in [3.8, 4) is 0 Å². The van der Waals surface area contributed by atoms with Crippen LogP contribution in [0, 0.1) is 0 Å². The Morgan fingerprint density at radius 3 is 2.42 bits per heavy atom. The number of carbonyl (C=O) groups is 1. The summed E-state index contributed by atoms with van der Waals surface area (Å²) in [7, 11) is 0. The lowest BCUT2D eigenvalue weighted by atomic mass is 10.0. The number of fused-ring (bicyclic) bond motifs is 1. The summed E-state index contributed by atoms with van der Waals surface area (Å²) in [6, 6.07) is 11.6. The quantitative estimate of drug-likeness (QED) is 0.419. The number of hydrogen-bond acceptors (Lipinski definition) is 5. The summed E-state index contributed by atoms with van der Waals surface area (Å²) in [5, 5.41) is 0. The van der Waals surface area contributed by atoms with E-state index in [4.69, 9.17) is 21.2 Å². The number of carbonyl (C=O) groups excluding carboxylic acids is 1. The molecule has 31 heavy (non-hydrogen) atoms. The molecule has 1 amide bonds. The first kappa shape index (κ1) is 23.6. The molecule has 2 heterocycles. The molecule has 2 aromatic carbocycles. The van der Waals surface area contributed by atoms with E-state index in [1.54, 1.807) is 12.1 Å². The molecule has 4 rings (SSSR count). The topological polar surface area (TPSA) is 93.9 Å². The van der Waals surface area contributed by atoms with Crippen molar-refractivity contribution in [1.29, 1.82) is 0 Å². The predicted octanol–water partition coefficient (Wildman–Crippen LogP) is 6.09. The lowest BCUT2D eigenvalue weighted by Crippen LogP contribution is -2.43. The standard InChI is InChI=1S/C17H21BrN2O2.C6H7BrN2/c1-17(2,3)22-16(21)20-8-4-5-15(20)14-10-11-9-12(18)6-7-13(11)19-14;7-4-1-2-5(8)6(9)3-4/h6-7,9,15H,4-5,8,10H2,1-3H3;1-3H,8-9H2/t15-;/m0./s1. The number of nitrogens with two attached hydrogens (primary N) is 2. The normalized spacial score (nSPS) is 17.5. The zero-order valence-electron chi connectivity index (χ0n) is 18.0. The molecular weight excluding hydrogens is 524 g/mol. The molecule has 8 heteroatoms. The average molecular weight is 552 g/mol. The Bertz CT molecular complexity index is 1000. The van der Waals surface area contributed by atoms with Gasteiger partial charge in [0.25, 0.3) is 0 Å². The molecule has 4 N–H and O–H groups in total. The van der Waals surface area contributed by atoms with Gasteiger partial charge in [0.05, 0.1) is 23.1 Å². The molecule has 1 atom stereocenters. The second-order valence-electron chi connectivity index (χ2n) is 8.66. The molecule has 0 aromatic heterocycles. The van der Waals surface area contributed by atoms with E-state index in [0.717, 1.165) is 46.2 Å². The fourth-order valence-electron chi connectivity index (χ4n) is 3.58. The first-order valence-corrected chi connectivity index (χ1v) is 11.8. The highest BCUT2D eigenvalue weighted by Gasteiger charge is 2.36. The number of amides is 1. The molecule has 2 aliphatic heterocycles. The van der Waals surface area contributed by atoms with Crippen LogP contribution in [0.15, 0.2) is 50.3 Å². The molecule has 2 aromatic rings. The molecule has 1 saturated heterocycles. The summed E-state index contributed by atoms with van der Waals surface area (Å²) >= 11 is 6.76. The summed E-state index contributed by atoms with van der Waals surface area (Å²) in [4.78, 5) is 19.0. The zero-order chi connectivity index (χ0) is 22.8. The zero-order valence-corrected chi connectivity index (χ0v) is 21.2. The highest BCUT2D eigenvalue weighted by atomic mass is 79.9. The summed E-state index contributed by atoms with van der Waals surface area (Å²) in [6.07, 6.45) is 2.56. The monoisotopic (exact) mass is 550 g/mol. The van der Waals surface area contributed by atoms with Gasteiger partial charge in [-0.05, 0) is 75.6 Å². The highest BCUT2D eigenvalue weighted by Crippen LogP contribution is 2.33. The number of anilines is 2. The predicted molar refractivity (Wildman–Crippen MR) is 134 cm³/mol. The van der Waals surface area contributed by atoms with E-state index >= 15 is 0 Å². The Kier molecular flexibility index (Phi) is 7.31. The van der Waals surface area contributed by atoms with Gasteiger partial charge in [0.1, 0.15) is 5.60 Å². The van der Waals surface area contributed by atoms with Gasteiger partial charge in [-0.1, -0.05) is 31.9 Å². The number of rotatable bonds is 1. The SMILES string of the molecule is CC(C)(C)OC(=O)N1CCC[C@H]1C1=Nc2ccc(Br)cc2C1.Nc1ccc(Br)cc1N. The van der Waals surface area contributed by atoms with Crippen molar-refractivity contribution in [2.24, 2.45) is 4.99 Å². The van der Waals surface area contributed by atoms with Crippen molar-refractivity contribution < 1.29 is 9.53 Å². The summed E-state index contributed by atoms with van der Waals surface area (Å²) in [6.45, 7) is 6.45. The van der Waals surface area contributed by atoms with Gasteiger partial charge in [-0.3, -0.25) is 9.89 Å². The van der Waals surface area contributed by atoms with Crippen molar-refractivity contribution in [2.75, 3.05) is 18.0 Å². The third-order valence-corrected chi connectivity index (χ3v) is 5.98. The second-order valence-corrected chi connectivity index (χ2v) is 10.5. The van der Waals surface area contributed by atoms with Gasteiger partial charge < -0.3 is 16.2 Å². The van der Waals surface area contributed by atoms with Gasteiger partial charge in [-0.15, -0.1) is 0 Å². The number of likely N-dealkylation sites (tertiary alicyclic amines) is 1. The van der Waals surface area contributed by atoms with Crippen LogP contribution >= 0.6 is 31.9 Å². The van der Waals surface area contributed by atoms with E-state index in [1.807, 2.05) is 43.9 Å². The summed E-state index contributed by atoms with van der Waals surface area (Å²) < 4.78 is 7.55. The largest absolute Gasteiger partial charge is 0.444 e. The minimum absolute atomic E-state index is 0.0704. The minimum Gasteiger partial charge on any atom is -0.444 e. The van der Waals surface area contributed by atoms with Gasteiger partial charge in [0, 0.05) is 27.6 Å². The van der Waals surface area contributed by atoms with Gasteiger partial charge in [0.15, 0.2) is 0 Å². The second kappa shape index (κ2) is 9.61. The Hall–Kier alpha value is -2.06. The average Bonchev–Trinajstić information content (AvgIpc) is 3.30. The number of hydrogen-bond donors (Lipinski definition) is 2. The number of nitrogen functional groups attached to an aromatic ring is 2. The van der Waals surface area contributed by atoms with E-state index in [2.05, 4.69) is 37.9 Å². The van der Waals surface area contributed by atoms with Crippen molar-refractivity contribution in [2.45, 2.75) is 51.7 Å². The number of halogens is 2. The Balaban J connectivity index is 0.000000254. The first-order chi connectivity index (χ1) is 14.5. The van der Waals surface area contributed by atoms with Crippen molar-refractivity contribution in [3.63, 3.8) is 0 Å². The van der Waals surface area contributed by atoms with Crippen LogP contribution in [0.1, 0.15) is 39.2 Å². The fraction of sp³-hybridized carbons (Fsp3) is 0.391. The Morgan fingerprint density at radius 2 is 1.77 bits per heavy atom. The minimum atomic E-state index is -0.463. The molecule has 1 fully saturated rings. The van der Waals surface area contributed by atoms with E-state index < -0.39 is 5.60 Å². The third kappa shape index (κ3) is 6.23. The van der Waals surface area contributed by atoms with E-state index in [1.165, 1.54) is 5.56 Å². The summed E-state index contributed by atoms with van der Waals surface area (Å²) in [5.74, 6) is 0. The maximum Gasteiger partial charge on any atom is 0.410 e. The van der Waals surface area contributed by atoms with Crippen LogP contribution in [0.25, 0.3) is 0 Å². The van der Waals surface area contributed by atoms with Crippen LogP contribution in [0.3, 0.4) is 0 Å². The van der Waals surface area contributed by atoms with Crippen LogP contribution in [0.2, 0.25) is 0 Å². The lowest BCUT2D eigenvalue weighted by molar-refractivity contribution is 0.0265. The lowest BCUT2D eigenvalue weighted by Gasteiger charge is -2.28. The highest BCUT2D eigenvalue weighted by molar-refractivity contribution is 9.10. The van der Waals surface area contributed by atoms with Crippen LogP contribution in [0.5, 0.6) is 0 Å². The molecule has 166 valence electrons. The molecule has 0 radical (unpaired) electrons. The number of aliphatic imine (C=N–C) groups is 1. The third-order valence-electron chi connectivity index (χ3n) is 4.99. The van der Waals surface area contributed by atoms with Crippen LogP contribution < -0.4 is 11.5 Å². The molecular formula is C23H28Br2N4O2. The first-order valence-electron chi connectivity index (χ1n) is 10.2. The molecule has 0 bridgehead atoms. The number of ether oxygens (including phenoxy) is 1. The summed E-state index contributed by atoms with van der Waals surface area (Å²) in [5.41, 5.74) is 15.0. The molecule has 0 spiro atoms. The Morgan fingerprint density at radius 1 is 1.10 bits per heavy atom. The van der Waals surface area contributed by atoms with Crippen molar-refractivity contribution >= 4 is 60.7 Å². The van der Waals surface area contributed by atoms with Gasteiger partial charge in [-0.2, -0.15) is 0 Å². The molecule has 0 unspecified atom stereocenters.